The monoisotopic (exact) mass is 633 g/mol. The normalized spacial score (nSPS) is 23.4. The van der Waals surface area contributed by atoms with Gasteiger partial charge in [0.05, 0.1) is 19.3 Å². The van der Waals surface area contributed by atoms with E-state index in [1.165, 1.54) is 6.92 Å². The van der Waals surface area contributed by atoms with Crippen LogP contribution in [0.4, 0.5) is 0 Å². The number of carbonyl (C=O) groups is 2. The Bertz CT molecular complexity index is 1190. The molecule has 0 saturated carbocycles. The molecule has 1 aliphatic heterocycles. The molecule has 2 rings (SSSR count). The van der Waals surface area contributed by atoms with E-state index in [9.17, 15) is 28.8 Å². The predicted molar refractivity (Wildman–Crippen MR) is 146 cm³/mol. The van der Waals surface area contributed by atoms with E-state index in [-0.39, 0.29) is 17.5 Å². The second-order valence-electron chi connectivity index (χ2n) is 10.0. The zero-order chi connectivity index (χ0) is 29.8. The molecule has 1 aromatic rings. The highest BCUT2D eigenvalue weighted by Crippen LogP contribution is 2.49. The molecule has 0 bridgehead atoms. The molecule has 222 valence electrons. The highest BCUT2D eigenvalue weighted by molar-refractivity contribution is 8.13. The van der Waals surface area contributed by atoms with Gasteiger partial charge in [0.15, 0.2) is 15.7 Å². The Morgan fingerprint density at radius 3 is 2.49 bits per heavy atom. The number of alkyl halides is 2. The Labute approximate surface area is 239 Å². The zero-order valence-electron chi connectivity index (χ0n) is 22.3. The smallest absolute Gasteiger partial charge is 0.406 e. The van der Waals surface area contributed by atoms with Gasteiger partial charge in [-0.15, -0.1) is 0 Å². The molecule has 39 heavy (non-hydrogen) atoms. The van der Waals surface area contributed by atoms with Crippen LogP contribution in [0.25, 0.3) is 0 Å². The van der Waals surface area contributed by atoms with E-state index in [0.717, 1.165) is 28.6 Å². The number of H-pyrrole nitrogens is 1. The number of hydrogen-bond acceptors (Lipinski definition) is 11. The molecule has 0 radical (unpaired) electrons. The Balaban J connectivity index is 2.16. The lowest BCUT2D eigenvalue weighted by molar-refractivity contribution is -0.149. The first-order valence-electron chi connectivity index (χ1n) is 11.9. The number of rotatable bonds is 12. The zero-order valence-corrected chi connectivity index (χ0v) is 25.6. The number of nitrogens with zero attached hydrogens (tertiary/aromatic N) is 1. The van der Waals surface area contributed by atoms with Crippen LogP contribution in [0, 0.1) is 5.41 Å². The van der Waals surface area contributed by atoms with Gasteiger partial charge in [-0.2, -0.15) is 0 Å². The van der Waals surface area contributed by atoms with Crippen LogP contribution in [-0.2, 0) is 32.7 Å². The van der Waals surface area contributed by atoms with Crippen LogP contribution in [0.3, 0.4) is 0 Å². The topological polar surface area (TPSA) is 175 Å². The molecule has 1 aromatic heterocycles. The minimum atomic E-state index is -4.27. The standard InChI is InChI=1S/C22H34Cl2N3O10PS/c1-12(2)36-17(30)13(3)26-38(33,34-9-10-39-19(31)21(4,5)6)35-11-14-16(29)22(23,24)18(37-14)27-8-7-15(28)25-20(27)32/h7-8,12-14,16,18,29H,9-11H2,1-6H3,(H,26,33)(H,25,28,32)/t13-,14-,16-,18-,38?/m1/s1. The summed E-state index contributed by atoms with van der Waals surface area (Å²) in [6.07, 6.45) is -3.73. The van der Waals surface area contributed by atoms with Crippen molar-refractivity contribution in [2.24, 2.45) is 5.41 Å². The quantitative estimate of drug-likeness (QED) is 0.133. The van der Waals surface area contributed by atoms with E-state index in [1.54, 1.807) is 34.6 Å². The number of halogens is 2. The average Bonchev–Trinajstić information content (AvgIpc) is 3.03. The molecule has 17 heteroatoms. The van der Waals surface area contributed by atoms with Crippen LogP contribution in [0.5, 0.6) is 0 Å². The number of aromatic amines is 1. The van der Waals surface area contributed by atoms with Gasteiger partial charge >= 0.3 is 19.4 Å². The number of thioether (sulfide) groups is 1. The van der Waals surface area contributed by atoms with Crippen LogP contribution in [0.2, 0.25) is 0 Å². The van der Waals surface area contributed by atoms with Gasteiger partial charge in [-0.3, -0.25) is 33.0 Å². The molecule has 2 heterocycles. The summed E-state index contributed by atoms with van der Waals surface area (Å²) in [6.45, 7) is 9.18. The van der Waals surface area contributed by atoms with Crippen molar-refractivity contribution >= 4 is 53.8 Å². The molecular formula is C22H34Cl2N3O10PS. The number of aromatic nitrogens is 2. The number of carbonyl (C=O) groups excluding carboxylic acids is 2. The lowest BCUT2D eigenvalue weighted by Gasteiger charge is -2.25. The molecule has 0 amide bonds. The van der Waals surface area contributed by atoms with E-state index in [2.05, 4.69) is 5.09 Å². The van der Waals surface area contributed by atoms with Crippen molar-refractivity contribution in [1.29, 1.82) is 0 Å². The van der Waals surface area contributed by atoms with Gasteiger partial charge in [0.2, 0.25) is 0 Å². The first-order valence-corrected chi connectivity index (χ1v) is 15.2. The maximum atomic E-state index is 13.6. The Hall–Kier alpha value is -1.22. The summed E-state index contributed by atoms with van der Waals surface area (Å²) in [7, 11) is -4.27. The van der Waals surface area contributed by atoms with Crippen molar-refractivity contribution in [3.63, 3.8) is 0 Å². The van der Waals surface area contributed by atoms with Gasteiger partial charge in [-0.25, -0.2) is 14.4 Å². The van der Waals surface area contributed by atoms with Crippen molar-refractivity contribution in [3.8, 4) is 0 Å². The third kappa shape index (κ3) is 9.40. The van der Waals surface area contributed by atoms with E-state index < -0.39 is 71.9 Å². The van der Waals surface area contributed by atoms with Gasteiger partial charge in [-0.05, 0) is 20.8 Å². The molecule has 0 aromatic carbocycles. The maximum absolute atomic E-state index is 13.6. The predicted octanol–water partition coefficient (Wildman–Crippen LogP) is 2.35. The maximum Gasteiger partial charge on any atom is 0.406 e. The summed E-state index contributed by atoms with van der Waals surface area (Å²) in [5.74, 6) is -0.577. The van der Waals surface area contributed by atoms with Crippen LogP contribution in [0.1, 0.15) is 47.8 Å². The molecular weight excluding hydrogens is 600 g/mol. The fourth-order valence-corrected chi connectivity index (χ4v) is 6.11. The van der Waals surface area contributed by atoms with E-state index in [0.29, 0.717) is 0 Å². The fraction of sp³-hybridized carbons (Fsp3) is 0.727. The Morgan fingerprint density at radius 2 is 1.92 bits per heavy atom. The van der Waals surface area contributed by atoms with Crippen molar-refractivity contribution in [3.05, 3.63) is 33.1 Å². The second kappa shape index (κ2) is 13.6. The van der Waals surface area contributed by atoms with Crippen LogP contribution in [0.15, 0.2) is 21.9 Å². The fourth-order valence-electron chi connectivity index (χ4n) is 3.13. The Morgan fingerprint density at radius 1 is 1.28 bits per heavy atom. The minimum absolute atomic E-state index is 0.102. The molecule has 3 N–H and O–H groups in total. The SMILES string of the molecule is CC(C)OC(=O)[C@@H](C)NP(=O)(OCCSC(=O)C(C)(C)C)OC[C@H]1O[C@@H](n2ccc(=O)[nH]c2=O)C(Cl)(Cl)[C@@H]1O. The summed E-state index contributed by atoms with van der Waals surface area (Å²) in [5.41, 5.74) is -2.14. The van der Waals surface area contributed by atoms with E-state index in [4.69, 9.17) is 41.7 Å². The van der Waals surface area contributed by atoms with Crippen molar-refractivity contribution in [2.45, 2.75) is 76.5 Å². The van der Waals surface area contributed by atoms with Gasteiger partial charge < -0.3 is 14.6 Å². The molecule has 1 saturated heterocycles. The summed E-state index contributed by atoms with van der Waals surface area (Å²) in [6, 6.07) is -0.0827. The third-order valence-corrected chi connectivity index (χ3v) is 8.92. The van der Waals surface area contributed by atoms with Crippen LogP contribution < -0.4 is 16.3 Å². The van der Waals surface area contributed by atoms with Crippen LogP contribution >= 0.6 is 42.7 Å². The van der Waals surface area contributed by atoms with Crippen molar-refractivity contribution in [1.82, 2.24) is 14.6 Å². The Kier molecular flexibility index (Phi) is 11.9. The molecule has 1 unspecified atom stereocenters. The van der Waals surface area contributed by atoms with Crippen LogP contribution in [-0.4, -0.2) is 73.4 Å². The van der Waals surface area contributed by atoms with Gasteiger partial charge in [0.1, 0.15) is 18.2 Å². The number of hydrogen-bond donors (Lipinski definition) is 3. The first-order chi connectivity index (χ1) is 17.9. The number of esters is 1. The third-order valence-electron chi connectivity index (χ3n) is 5.14. The summed E-state index contributed by atoms with van der Waals surface area (Å²) in [4.78, 5) is 50.1. The molecule has 0 spiro atoms. The van der Waals surface area contributed by atoms with Crippen molar-refractivity contribution < 1.29 is 37.8 Å². The highest BCUT2D eigenvalue weighted by atomic mass is 35.5. The average molecular weight is 634 g/mol. The molecule has 1 fully saturated rings. The summed E-state index contributed by atoms with van der Waals surface area (Å²) >= 11 is 13.6. The molecule has 1 aliphatic rings. The first kappa shape index (κ1) is 34.0. The number of aliphatic hydroxyl groups is 1. The van der Waals surface area contributed by atoms with E-state index >= 15 is 0 Å². The van der Waals surface area contributed by atoms with Gasteiger partial charge in [-0.1, -0.05) is 55.7 Å². The highest BCUT2D eigenvalue weighted by Gasteiger charge is 2.56. The lowest BCUT2D eigenvalue weighted by atomic mass is 10.00. The van der Waals surface area contributed by atoms with Gasteiger partial charge in [0, 0.05) is 23.4 Å². The molecule has 5 atom stereocenters. The minimum Gasteiger partial charge on any atom is -0.462 e. The van der Waals surface area contributed by atoms with E-state index in [1.807, 2.05) is 4.98 Å². The van der Waals surface area contributed by atoms with Gasteiger partial charge in [0.25, 0.3) is 5.56 Å². The lowest BCUT2D eigenvalue weighted by Crippen LogP contribution is -2.41. The second-order valence-corrected chi connectivity index (χ2v) is 14.3. The molecule has 0 aliphatic carbocycles. The number of aliphatic hydroxyl groups excluding tert-OH is 1. The number of nitrogens with one attached hydrogen (secondary N) is 2. The van der Waals surface area contributed by atoms with Crippen molar-refractivity contribution in [2.75, 3.05) is 19.0 Å². The largest absolute Gasteiger partial charge is 0.462 e. The summed E-state index contributed by atoms with van der Waals surface area (Å²) < 4.78 is 34.1. The number of ether oxygens (including phenoxy) is 2. The summed E-state index contributed by atoms with van der Waals surface area (Å²) in [5, 5.41) is 13.1. The molecule has 13 nitrogen and oxygen atoms in total.